The number of sulfone groups is 1. The molecule has 0 aromatic carbocycles. The predicted molar refractivity (Wildman–Crippen MR) is 80.2 cm³/mol. The van der Waals surface area contributed by atoms with Crippen LogP contribution in [0.5, 0.6) is 0 Å². The summed E-state index contributed by atoms with van der Waals surface area (Å²) in [4.78, 5) is 12.1. The first-order valence-electron chi connectivity index (χ1n) is 7.41. The molecule has 0 aromatic rings. The standard InChI is InChI=1S/C13H23NO5S2/c1-20(16,17)9-10-21(18,19)14-8-4-6-12(14)11-5-2-3-7-13(11)15/h11-12H,2-10H2,1H3. The van der Waals surface area contributed by atoms with Crippen LogP contribution in [0.4, 0.5) is 0 Å². The number of nitrogens with zero attached hydrogens (tertiary/aromatic N) is 1. The van der Waals surface area contributed by atoms with Crippen molar-refractivity contribution in [2.45, 2.75) is 44.6 Å². The van der Waals surface area contributed by atoms with Gasteiger partial charge in [0.15, 0.2) is 0 Å². The lowest BCUT2D eigenvalue weighted by molar-refractivity contribution is -0.126. The van der Waals surface area contributed by atoms with Crippen molar-refractivity contribution >= 4 is 25.6 Å². The number of carbonyl (C=O) groups excluding carboxylic acids is 1. The maximum absolute atomic E-state index is 12.4. The van der Waals surface area contributed by atoms with Crippen molar-refractivity contribution in [3.05, 3.63) is 0 Å². The summed E-state index contributed by atoms with van der Waals surface area (Å²) in [6, 6.07) is -0.262. The van der Waals surface area contributed by atoms with Gasteiger partial charge < -0.3 is 0 Å². The first kappa shape index (κ1) is 16.9. The average Bonchev–Trinajstić information content (AvgIpc) is 2.86. The minimum absolute atomic E-state index is 0.163. The molecule has 122 valence electrons. The first-order chi connectivity index (χ1) is 9.71. The van der Waals surface area contributed by atoms with Crippen LogP contribution in [0.25, 0.3) is 0 Å². The van der Waals surface area contributed by atoms with Crippen molar-refractivity contribution < 1.29 is 21.6 Å². The van der Waals surface area contributed by atoms with Gasteiger partial charge in [0.1, 0.15) is 15.6 Å². The van der Waals surface area contributed by atoms with E-state index in [2.05, 4.69) is 0 Å². The molecule has 2 aliphatic rings. The van der Waals surface area contributed by atoms with Gasteiger partial charge in [0.25, 0.3) is 0 Å². The minimum atomic E-state index is -3.61. The zero-order chi connectivity index (χ0) is 15.7. The maximum Gasteiger partial charge on any atom is 0.215 e. The van der Waals surface area contributed by atoms with E-state index in [0.717, 1.165) is 31.9 Å². The lowest BCUT2D eigenvalue weighted by Crippen LogP contribution is -2.45. The number of hydrogen-bond donors (Lipinski definition) is 0. The molecule has 0 spiro atoms. The molecule has 1 aliphatic heterocycles. The van der Waals surface area contributed by atoms with Crippen LogP contribution in [0.1, 0.15) is 38.5 Å². The van der Waals surface area contributed by atoms with Gasteiger partial charge in [-0.05, 0) is 25.7 Å². The van der Waals surface area contributed by atoms with E-state index in [1.165, 1.54) is 4.31 Å². The Hall–Kier alpha value is -0.470. The van der Waals surface area contributed by atoms with Crippen molar-refractivity contribution in [2.24, 2.45) is 5.92 Å². The maximum atomic E-state index is 12.4. The smallest absolute Gasteiger partial charge is 0.215 e. The van der Waals surface area contributed by atoms with Crippen LogP contribution in [0.2, 0.25) is 0 Å². The van der Waals surface area contributed by atoms with E-state index in [1.54, 1.807) is 0 Å². The summed E-state index contributed by atoms with van der Waals surface area (Å²) >= 11 is 0. The summed E-state index contributed by atoms with van der Waals surface area (Å²) in [6.07, 6.45) is 5.63. The highest BCUT2D eigenvalue weighted by Crippen LogP contribution is 2.34. The van der Waals surface area contributed by atoms with Gasteiger partial charge >= 0.3 is 0 Å². The van der Waals surface area contributed by atoms with E-state index in [1.807, 2.05) is 0 Å². The van der Waals surface area contributed by atoms with Gasteiger partial charge in [-0.25, -0.2) is 16.8 Å². The van der Waals surface area contributed by atoms with Crippen molar-refractivity contribution in [1.82, 2.24) is 4.31 Å². The van der Waals surface area contributed by atoms with Crippen LogP contribution in [0, 0.1) is 5.92 Å². The van der Waals surface area contributed by atoms with E-state index in [9.17, 15) is 21.6 Å². The third kappa shape index (κ3) is 4.26. The molecule has 0 radical (unpaired) electrons. The molecular formula is C13H23NO5S2. The van der Waals surface area contributed by atoms with Crippen LogP contribution in [0.15, 0.2) is 0 Å². The molecule has 1 saturated heterocycles. The molecule has 1 aliphatic carbocycles. The Bertz CT molecular complexity index is 596. The van der Waals surface area contributed by atoms with Crippen molar-refractivity contribution in [1.29, 1.82) is 0 Å². The zero-order valence-electron chi connectivity index (χ0n) is 12.3. The fourth-order valence-electron chi connectivity index (χ4n) is 3.30. The second-order valence-corrected chi connectivity index (χ2v) is 10.4. The van der Waals surface area contributed by atoms with Gasteiger partial charge in [-0.3, -0.25) is 4.79 Å². The number of Topliss-reactive ketones (excluding diaryl/α,β-unsaturated/α-hetero) is 1. The van der Waals surface area contributed by atoms with Crippen LogP contribution in [-0.2, 0) is 24.7 Å². The molecule has 0 amide bonds. The highest BCUT2D eigenvalue weighted by atomic mass is 32.2. The molecule has 2 unspecified atom stereocenters. The van der Waals surface area contributed by atoms with Gasteiger partial charge in [-0.1, -0.05) is 6.42 Å². The molecular weight excluding hydrogens is 314 g/mol. The van der Waals surface area contributed by atoms with Gasteiger partial charge in [0.2, 0.25) is 10.0 Å². The summed E-state index contributed by atoms with van der Waals surface area (Å²) in [7, 11) is -6.93. The molecule has 1 saturated carbocycles. The Morgan fingerprint density at radius 2 is 1.76 bits per heavy atom. The van der Waals surface area contributed by atoms with Gasteiger partial charge in [-0.15, -0.1) is 0 Å². The number of hydrogen-bond acceptors (Lipinski definition) is 5. The normalized spacial score (nSPS) is 28.9. The summed E-state index contributed by atoms with van der Waals surface area (Å²) in [5.74, 6) is -0.786. The zero-order valence-corrected chi connectivity index (χ0v) is 14.0. The highest BCUT2D eigenvalue weighted by molar-refractivity contribution is 7.93. The number of rotatable bonds is 5. The van der Waals surface area contributed by atoms with E-state index in [4.69, 9.17) is 0 Å². The fraction of sp³-hybridized carbons (Fsp3) is 0.923. The highest BCUT2D eigenvalue weighted by Gasteiger charge is 2.41. The van der Waals surface area contributed by atoms with Crippen LogP contribution in [-0.4, -0.2) is 57.3 Å². The summed E-state index contributed by atoms with van der Waals surface area (Å²) < 4.78 is 48.6. The summed E-state index contributed by atoms with van der Waals surface area (Å²) in [6.45, 7) is 0.403. The molecule has 21 heavy (non-hydrogen) atoms. The molecule has 1 heterocycles. The summed E-state index contributed by atoms with van der Waals surface area (Å²) in [5.41, 5.74) is 0. The Morgan fingerprint density at radius 3 is 2.38 bits per heavy atom. The van der Waals surface area contributed by atoms with Gasteiger partial charge in [0, 0.05) is 31.2 Å². The molecule has 0 aromatic heterocycles. The predicted octanol–water partition coefficient (Wildman–Crippen LogP) is 0.584. The van der Waals surface area contributed by atoms with E-state index in [0.29, 0.717) is 19.4 Å². The van der Waals surface area contributed by atoms with Crippen LogP contribution < -0.4 is 0 Å². The lowest BCUT2D eigenvalue weighted by Gasteiger charge is -2.32. The van der Waals surface area contributed by atoms with Crippen molar-refractivity contribution in [3.63, 3.8) is 0 Å². The largest absolute Gasteiger partial charge is 0.299 e. The van der Waals surface area contributed by atoms with Gasteiger partial charge in [-0.2, -0.15) is 4.31 Å². The molecule has 2 atom stereocenters. The average molecular weight is 337 g/mol. The third-order valence-electron chi connectivity index (χ3n) is 4.38. The second kappa shape index (κ2) is 6.34. The van der Waals surface area contributed by atoms with E-state index < -0.39 is 19.9 Å². The molecule has 8 heteroatoms. The van der Waals surface area contributed by atoms with Crippen LogP contribution >= 0.6 is 0 Å². The van der Waals surface area contributed by atoms with Gasteiger partial charge in [0.05, 0.1) is 11.5 Å². The number of ketones is 1. The van der Waals surface area contributed by atoms with Crippen molar-refractivity contribution in [3.8, 4) is 0 Å². The monoisotopic (exact) mass is 337 g/mol. The quantitative estimate of drug-likeness (QED) is 0.732. The number of carbonyl (C=O) groups is 1. The summed E-state index contributed by atoms with van der Waals surface area (Å²) in [5, 5.41) is 0. The SMILES string of the molecule is CS(=O)(=O)CCS(=O)(=O)N1CCCC1C1CCCCC1=O. The number of sulfonamides is 1. The van der Waals surface area contributed by atoms with Crippen molar-refractivity contribution in [2.75, 3.05) is 24.3 Å². The molecule has 2 fully saturated rings. The third-order valence-corrected chi connectivity index (χ3v) is 7.48. The topological polar surface area (TPSA) is 88.6 Å². The molecule has 6 nitrogen and oxygen atoms in total. The van der Waals surface area contributed by atoms with E-state index >= 15 is 0 Å². The Balaban J connectivity index is 2.12. The molecule has 2 rings (SSSR count). The second-order valence-electron chi connectivity index (χ2n) is 6.08. The lowest BCUT2D eigenvalue weighted by atomic mass is 9.82. The Morgan fingerprint density at radius 1 is 1.05 bits per heavy atom. The first-order valence-corrected chi connectivity index (χ1v) is 11.1. The molecule has 0 bridgehead atoms. The molecule has 0 N–H and O–H groups in total. The van der Waals surface area contributed by atoms with Crippen LogP contribution in [0.3, 0.4) is 0 Å². The fourth-order valence-corrected chi connectivity index (χ4v) is 6.66. The Labute approximate surface area is 126 Å². The Kier molecular flexibility index (Phi) is 5.10. The minimum Gasteiger partial charge on any atom is -0.299 e. The van der Waals surface area contributed by atoms with E-state index in [-0.39, 0.29) is 29.2 Å².